The van der Waals surface area contributed by atoms with Gasteiger partial charge in [0.25, 0.3) is 0 Å². The van der Waals surface area contributed by atoms with Crippen LogP contribution in [0.25, 0.3) is 0 Å². The predicted molar refractivity (Wildman–Crippen MR) is 66.1 cm³/mol. The normalized spacial score (nSPS) is 13.8. The maximum Gasteiger partial charge on any atom is 0.0941 e. The molecule has 0 radical (unpaired) electrons. The van der Waals surface area contributed by atoms with Crippen molar-refractivity contribution in [2.75, 3.05) is 20.6 Å². The van der Waals surface area contributed by atoms with E-state index >= 15 is 0 Å². The molecule has 1 atom stereocenters. The lowest BCUT2D eigenvalue weighted by Crippen LogP contribution is -2.17. The number of thiazole rings is 1. The minimum absolute atomic E-state index is 0.0781. The van der Waals surface area contributed by atoms with Crippen molar-refractivity contribution < 1.29 is 0 Å². The Morgan fingerprint density at radius 2 is 2.13 bits per heavy atom. The zero-order chi connectivity index (χ0) is 11.4. The van der Waals surface area contributed by atoms with Gasteiger partial charge in [-0.05, 0) is 20.0 Å². The summed E-state index contributed by atoms with van der Waals surface area (Å²) < 4.78 is 0. The van der Waals surface area contributed by atoms with E-state index in [1.807, 2.05) is 0 Å². The number of likely N-dealkylation sites (N-methyl/N-ethyl adjacent to an activating group) is 1. The maximum atomic E-state index is 6.04. The summed E-state index contributed by atoms with van der Waals surface area (Å²) in [7, 11) is 4.16. The SMILES string of the molecule is CC(C)C(N)c1csc(CCN(C)C)n1. The van der Waals surface area contributed by atoms with E-state index in [1.165, 1.54) is 5.01 Å². The van der Waals surface area contributed by atoms with E-state index in [0.717, 1.165) is 18.7 Å². The molecule has 86 valence electrons. The highest BCUT2D eigenvalue weighted by Crippen LogP contribution is 2.21. The molecule has 0 spiro atoms. The van der Waals surface area contributed by atoms with Crippen LogP contribution < -0.4 is 5.73 Å². The van der Waals surface area contributed by atoms with Crippen LogP contribution in [0.3, 0.4) is 0 Å². The third-order valence-corrected chi connectivity index (χ3v) is 3.33. The molecule has 2 N–H and O–H groups in total. The first-order chi connectivity index (χ1) is 7.00. The van der Waals surface area contributed by atoms with Crippen molar-refractivity contribution >= 4 is 11.3 Å². The summed E-state index contributed by atoms with van der Waals surface area (Å²) in [6.07, 6.45) is 1.02. The van der Waals surface area contributed by atoms with Gasteiger partial charge < -0.3 is 10.6 Å². The second kappa shape index (κ2) is 5.58. The molecule has 0 aliphatic carbocycles. The molecule has 0 aliphatic rings. The number of nitrogens with two attached hydrogens (primary N) is 1. The van der Waals surface area contributed by atoms with Gasteiger partial charge in [-0.1, -0.05) is 13.8 Å². The molecule has 0 amide bonds. The third-order valence-electron chi connectivity index (χ3n) is 2.40. The van der Waals surface area contributed by atoms with Crippen molar-refractivity contribution in [2.24, 2.45) is 11.7 Å². The molecule has 1 aromatic heterocycles. The van der Waals surface area contributed by atoms with Gasteiger partial charge >= 0.3 is 0 Å². The van der Waals surface area contributed by atoms with E-state index < -0.39 is 0 Å². The van der Waals surface area contributed by atoms with Crippen molar-refractivity contribution in [1.29, 1.82) is 0 Å². The van der Waals surface area contributed by atoms with Crippen LogP contribution in [0.5, 0.6) is 0 Å². The molecule has 1 aromatic rings. The van der Waals surface area contributed by atoms with Gasteiger partial charge in [-0.3, -0.25) is 0 Å². The van der Waals surface area contributed by atoms with Gasteiger partial charge in [0.2, 0.25) is 0 Å². The number of aromatic nitrogens is 1. The number of hydrogen-bond donors (Lipinski definition) is 1. The lowest BCUT2D eigenvalue weighted by molar-refractivity contribution is 0.413. The minimum atomic E-state index is 0.0781. The van der Waals surface area contributed by atoms with E-state index in [1.54, 1.807) is 11.3 Å². The van der Waals surface area contributed by atoms with Crippen LogP contribution in [0.1, 0.15) is 30.6 Å². The van der Waals surface area contributed by atoms with Crippen molar-refractivity contribution in [2.45, 2.75) is 26.3 Å². The summed E-state index contributed by atoms with van der Waals surface area (Å²) in [6.45, 7) is 5.30. The van der Waals surface area contributed by atoms with Crippen LogP contribution in [0.2, 0.25) is 0 Å². The van der Waals surface area contributed by atoms with Gasteiger partial charge in [0.05, 0.1) is 16.7 Å². The average molecular weight is 227 g/mol. The Hall–Kier alpha value is -0.450. The fraction of sp³-hybridized carbons (Fsp3) is 0.727. The van der Waals surface area contributed by atoms with Crippen molar-refractivity contribution in [3.05, 3.63) is 16.1 Å². The largest absolute Gasteiger partial charge is 0.322 e. The molecule has 1 rings (SSSR count). The Labute approximate surface area is 96.3 Å². The lowest BCUT2D eigenvalue weighted by atomic mass is 10.0. The predicted octanol–water partition coefficient (Wildman–Crippen LogP) is 1.90. The Balaban J connectivity index is 2.56. The van der Waals surface area contributed by atoms with Crippen LogP contribution in [0.4, 0.5) is 0 Å². The van der Waals surface area contributed by atoms with E-state index in [2.05, 4.69) is 43.2 Å². The summed E-state index contributed by atoms with van der Waals surface area (Å²) in [5.74, 6) is 0.453. The van der Waals surface area contributed by atoms with Crippen LogP contribution in [-0.4, -0.2) is 30.5 Å². The van der Waals surface area contributed by atoms with Crippen molar-refractivity contribution in [3.63, 3.8) is 0 Å². The smallest absolute Gasteiger partial charge is 0.0941 e. The van der Waals surface area contributed by atoms with E-state index in [9.17, 15) is 0 Å². The molecule has 0 saturated heterocycles. The Morgan fingerprint density at radius 3 is 2.67 bits per heavy atom. The highest BCUT2D eigenvalue weighted by molar-refractivity contribution is 7.09. The third kappa shape index (κ3) is 3.89. The molecule has 3 nitrogen and oxygen atoms in total. The van der Waals surface area contributed by atoms with Crippen LogP contribution in [-0.2, 0) is 6.42 Å². The highest BCUT2D eigenvalue weighted by atomic mass is 32.1. The molecule has 1 unspecified atom stereocenters. The summed E-state index contributed by atoms with van der Waals surface area (Å²) in [5.41, 5.74) is 7.09. The molecule has 0 fully saturated rings. The minimum Gasteiger partial charge on any atom is -0.322 e. The van der Waals surface area contributed by atoms with E-state index in [0.29, 0.717) is 5.92 Å². The highest BCUT2D eigenvalue weighted by Gasteiger charge is 2.13. The number of nitrogens with zero attached hydrogens (tertiary/aromatic N) is 2. The first kappa shape index (κ1) is 12.6. The second-order valence-electron chi connectivity index (χ2n) is 4.49. The quantitative estimate of drug-likeness (QED) is 0.835. The van der Waals surface area contributed by atoms with Gasteiger partial charge in [0.1, 0.15) is 0 Å². The summed E-state index contributed by atoms with van der Waals surface area (Å²) in [6, 6.07) is 0.0781. The molecule has 4 heteroatoms. The maximum absolute atomic E-state index is 6.04. The molecule has 0 bridgehead atoms. The van der Waals surface area contributed by atoms with Gasteiger partial charge in [-0.25, -0.2) is 4.98 Å². The first-order valence-corrected chi connectivity index (χ1v) is 6.23. The Bertz CT molecular complexity index is 294. The standard InChI is InChI=1S/C11H21N3S/c1-8(2)11(12)9-7-15-10(13-9)5-6-14(3)4/h7-8,11H,5-6,12H2,1-4H3. The Morgan fingerprint density at radius 1 is 1.47 bits per heavy atom. The van der Waals surface area contributed by atoms with Crippen molar-refractivity contribution in [1.82, 2.24) is 9.88 Å². The lowest BCUT2D eigenvalue weighted by Gasteiger charge is -2.12. The molecule has 15 heavy (non-hydrogen) atoms. The van der Waals surface area contributed by atoms with Crippen LogP contribution in [0.15, 0.2) is 5.38 Å². The van der Waals surface area contributed by atoms with Crippen molar-refractivity contribution in [3.8, 4) is 0 Å². The molecule has 0 aliphatic heterocycles. The first-order valence-electron chi connectivity index (χ1n) is 5.35. The van der Waals surface area contributed by atoms with E-state index in [4.69, 9.17) is 5.73 Å². The second-order valence-corrected chi connectivity index (χ2v) is 5.43. The topological polar surface area (TPSA) is 42.1 Å². The molecule has 0 saturated carbocycles. The average Bonchev–Trinajstić information content (AvgIpc) is 2.61. The molecular formula is C11H21N3S. The Kier molecular flexibility index (Phi) is 4.70. The summed E-state index contributed by atoms with van der Waals surface area (Å²) in [4.78, 5) is 6.74. The molecule has 0 aromatic carbocycles. The van der Waals surface area contributed by atoms with Gasteiger partial charge in [-0.15, -0.1) is 11.3 Å². The fourth-order valence-corrected chi connectivity index (χ4v) is 2.09. The van der Waals surface area contributed by atoms with Crippen LogP contribution >= 0.6 is 11.3 Å². The molecule has 1 heterocycles. The summed E-state index contributed by atoms with van der Waals surface area (Å²) in [5, 5.41) is 3.28. The number of rotatable bonds is 5. The zero-order valence-corrected chi connectivity index (χ0v) is 10.8. The van der Waals surface area contributed by atoms with Gasteiger partial charge in [0.15, 0.2) is 0 Å². The zero-order valence-electron chi connectivity index (χ0n) is 10.0. The fourth-order valence-electron chi connectivity index (χ4n) is 1.25. The molecular weight excluding hydrogens is 206 g/mol. The van der Waals surface area contributed by atoms with Gasteiger partial charge in [-0.2, -0.15) is 0 Å². The van der Waals surface area contributed by atoms with Crippen LogP contribution in [0, 0.1) is 5.92 Å². The summed E-state index contributed by atoms with van der Waals surface area (Å²) >= 11 is 1.72. The monoisotopic (exact) mass is 227 g/mol. The van der Waals surface area contributed by atoms with Gasteiger partial charge in [0, 0.05) is 18.3 Å². The number of hydrogen-bond acceptors (Lipinski definition) is 4. The van der Waals surface area contributed by atoms with E-state index in [-0.39, 0.29) is 6.04 Å².